The van der Waals surface area contributed by atoms with Crippen LogP contribution in [0.5, 0.6) is 0 Å². The van der Waals surface area contributed by atoms with E-state index in [1.165, 1.54) is 19.3 Å². The number of nitrogens with zero attached hydrogens (tertiary/aromatic N) is 2. The zero-order chi connectivity index (χ0) is 8.23. The number of hydrogen-bond acceptors (Lipinski definition) is 2. The van der Waals surface area contributed by atoms with E-state index in [0.717, 1.165) is 19.1 Å². The molecule has 1 saturated carbocycles. The highest BCUT2D eigenvalue weighted by Crippen LogP contribution is 2.18. The minimum atomic E-state index is 0.836. The lowest BCUT2D eigenvalue weighted by atomic mass is 10.4. The van der Waals surface area contributed by atoms with Gasteiger partial charge in [-0.1, -0.05) is 0 Å². The standard InChI is InChI=1S/C9H15N3/c1(5-10-9-3-4-9)7-12-8-2-6-11-12/h2,6,8-10H,1,3-5,7H2. The first-order chi connectivity index (χ1) is 5.95. The Kier molecular flexibility index (Phi) is 2.42. The predicted molar refractivity (Wildman–Crippen MR) is 47.9 cm³/mol. The summed E-state index contributed by atoms with van der Waals surface area (Å²) in [6.45, 7) is 2.16. The molecule has 2 rings (SSSR count). The molecule has 0 amide bonds. The van der Waals surface area contributed by atoms with E-state index in [-0.39, 0.29) is 0 Å². The van der Waals surface area contributed by atoms with Gasteiger partial charge in [0.05, 0.1) is 0 Å². The van der Waals surface area contributed by atoms with Gasteiger partial charge in [-0.25, -0.2) is 0 Å². The maximum Gasteiger partial charge on any atom is 0.0489 e. The first-order valence-electron chi connectivity index (χ1n) is 4.66. The van der Waals surface area contributed by atoms with Crippen LogP contribution in [0.1, 0.15) is 19.3 Å². The van der Waals surface area contributed by atoms with Crippen LogP contribution in [0.25, 0.3) is 0 Å². The molecule has 3 nitrogen and oxygen atoms in total. The summed E-state index contributed by atoms with van der Waals surface area (Å²) in [6.07, 6.45) is 7.77. The Bertz CT molecular complexity index is 214. The van der Waals surface area contributed by atoms with Gasteiger partial charge in [0.1, 0.15) is 0 Å². The number of hydrogen-bond donors (Lipinski definition) is 1. The van der Waals surface area contributed by atoms with E-state index in [4.69, 9.17) is 0 Å². The van der Waals surface area contributed by atoms with Crippen LogP contribution in [0.4, 0.5) is 0 Å². The highest BCUT2D eigenvalue weighted by Gasteiger charge is 2.19. The largest absolute Gasteiger partial charge is 0.314 e. The second kappa shape index (κ2) is 3.72. The summed E-state index contributed by atoms with van der Waals surface area (Å²) >= 11 is 0. The Balaban J connectivity index is 1.56. The summed E-state index contributed by atoms with van der Waals surface area (Å²) < 4.78 is 1.98. The fourth-order valence-electron chi connectivity index (χ4n) is 1.27. The minimum Gasteiger partial charge on any atom is -0.314 e. The van der Waals surface area contributed by atoms with E-state index < -0.39 is 0 Å². The van der Waals surface area contributed by atoms with Gasteiger partial charge in [0.15, 0.2) is 0 Å². The average Bonchev–Trinajstić information content (AvgIpc) is 2.76. The van der Waals surface area contributed by atoms with Crippen LogP contribution < -0.4 is 5.32 Å². The molecule has 1 N–H and O–H groups in total. The van der Waals surface area contributed by atoms with Crippen molar-refractivity contribution in [1.29, 1.82) is 0 Å². The van der Waals surface area contributed by atoms with Gasteiger partial charge in [0.25, 0.3) is 0 Å². The fraction of sp³-hybridized carbons (Fsp3) is 0.667. The Morgan fingerprint density at radius 2 is 2.42 bits per heavy atom. The molecule has 1 fully saturated rings. The summed E-state index contributed by atoms with van der Waals surface area (Å²) in [5.41, 5.74) is 0. The van der Waals surface area contributed by atoms with Crippen molar-refractivity contribution in [1.82, 2.24) is 15.1 Å². The lowest BCUT2D eigenvalue weighted by molar-refractivity contribution is 0.542. The van der Waals surface area contributed by atoms with Crippen molar-refractivity contribution in [2.24, 2.45) is 0 Å². The molecule has 0 unspecified atom stereocenters. The van der Waals surface area contributed by atoms with Gasteiger partial charge in [-0.2, -0.15) is 5.10 Å². The van der Waals surface area contributed by atoms with Crippen LogP contribution in [-0.4, -0.2) is 22.4 Å². The third-order valence-corrected chi connectivity index (χ3v) is 2.13. The summed E-state index contributed by atoms with van der Waals surface area (Å²) in [5.74, 6) is 0. The van der Waals surface area contributed by atoms with Gasteiger partial charge in [0.2, 0.25) is 0 Å². The van der Waals surface area contributed by atoms with Crippen LogP contribution in [-0.2, 0) is 6.54 Å². The molecule has 0 atom stereocenters. The molecule has 0 aliphatic heterocycles. The maximum absolute atomic E-state index is 4.14. The van der Waals surface area contributed by atoms with Crippen molar-refractivity contribution in [2.45, 2.75) is 31.8 Å². The molecule has 1 aliphatic rings. The summed E-state index contributed by atoms with van der Waals surface area (Å²) in [6, 6.07) is 2.80. The minimum absolute atomic E-state index is 0.836. The summed E-state index contributed by atoms with van der Waals surface area (Å²) in [4.78, 5) is 0. The maximum atomic E-state index is 4.14. The second-order valence-corrected chi connectivity index (χ2v) is 3.35. The van der Waals surface area contributed by atoms with E-state index in [2.05, 4.69) is 10.4 Å². The molecule has 0 saturated heterocycles. The van der Waals surface area contributed by atoms with Crippen LogP contribution in [0.2, 0.25) is 0 Å². The van der Waals surface area contributed by atoms with Crippen LogP contribution in [0.3, 0.4) is 0 Å². The Hall–Kier alpha value is -0.830. The van der Waals surface area contributed by atoms with Crippen molar-refractivity contribution in [3.8, 4) is 0 Å². The monoisotopic (exact) mass is 165 g/mol. The predicted octanol–water partition coefficient (Wildman–Crippen LogP) is 1.03. The number of nitrogens with one attached hydrogen (secondary N) is 1. The quantitative estimate of drug-likeness (QED) is 0.660. The lowest BCUT2D eigenvalue weighted by Gasteiger charge is -2.02. The molecule has 0 spiro atoms. The van der Waals surface area contributed by atoms with Gasteiger partial charge in [-0.05, 0) is 31.9 Å². The normalized spacial score (nSPS) is 16.7. The Labute approximate surface area is 72.8 Å². The van der Waals surface area contributed by atoms with Gasteiger partial charge in [-0.15, -0.1) is 0 Å². The SMILES string of the molecule is c1cnn(CCCNC2CC2)c1. The molecule has 12 heavy (non-hydrogen) atoms. The van der Waals surface area contributed by atoms with Gasteiger partial charge >= 0.3 is 0 Å². The molecule has 0 bridgehead atoms. The van der Waals surface area contributed by atoms with Crippen molar-refractivity contribution in [3.05, 3.63) is 18.5 Å². The molecule has 1 aromatic rings. The highest BCUT2D eigenvalue weighted by molar-refractivity contribution is 4.81. The van der Waals surface area contributed by atoms with Gasteiger partial charge in [-0.3, -0.25) is 4.68 Å². The van der Waals surface area contributed by atoms with Gasteiger partial charge < -0.3 is 5.32 Å². The van der Waals surface area contributed by atoms with Crippen LogP contribution in [0, 0.1) is 0 Å². The third-order valence-electron chi connectivity index (χ3n) is 2.13. The first kappa shape index (κ1) is 7.80. The summed E-state index contributed by atoms with van der Waals surface area (Å²) in [7, 11) is 0. The summed E-state index contributed by atoms with van der Waals surface area (Å²) in [5, 5.41) is 7.62. The molecule has 1 aromatic heterocycles. The second-order valence-electron chi connectivity index (χ2n) is 3.35. The smallest absolute Gasteiger partial charge is 0.0489 e. The zero-order valence-corrected chi connectivity index (χ0v) is 7.24. The molecule has 66 valence electrons. The number of aryl methyl sites for hydroxylation is 1. The fourth-order valence-corrected chi connectivity index (χ4v) is 1.27. The Morgan fingerprint density at radius 3 is 3.08 bits per heavy atom. The van der Waals surface area contributed by atoms with Crippen molar-refractivity contribution in [3.63, 3.8) is 0 Å². The van der Waals surface area contributed by atoms with Crippen molar-refractivity contribution in [2.75, 3.05) is 6.54 Å². The Morgan fingerprint density at radius 1 is 1.50 bits per heavy atom. The average molecular weight is 165 g/mol. The highest BCUT2D eigenvalue weighted by atomic mass is 15.3. The first-order valence-corrected chi connectivity index (χ1v) is 4.66. The van der Waals surface area contributed by atoms with E-state index in [0.29, 0.717) is 0 Å². The molecule has 1 heterocycles. The molecule has 1 aliphatic carbocycles. The molecule has 0 radical (unpaired) electrons. The van der Waals surface area contributed by atoms with Crippen molar-refractivity contribution >= 4 is 0 Å². The van der Waals surface area contributed by atoms with E-state index >= 15 is 0 Å². The van der Waals surface area contributed by atoms with E-state index in [1.54, 1.807) is 0 Å². The lowest BCUT2D eigenvalue weighted by Crippen LogP contribution is -2.18. The molecule has 0 aromatic carbocycles. The molecule has 3 heteroatoms. The van der Waals surface area contributed by atoms with Crippen LogP contribution in [0.15, 0.2) is 18.5 Å². The number of rotatable bonds is 5. The van der Waals surface area contributed by atoms with Crippen LogP contribution >= 0.6 is 0 Å². The van der Waals surface area contributed by atoms with Crippen molar-refractivity contribution < 1.29 is 0 Å². The zero-order valence-electron chi connectivity index (χ0n) is 7.24. The molecular weight excluding hydrogens is 150 g/mol. The number of aromatic nitrogens is 2. The molecular formula is C9H15N3. The van der Waals surface area contributed by atoms with E-state index in [1.807, 2.05) is 23.1 Å². The van der Waals surface area contributed by atoms with Gasteiger partial charge in [0, 0.05) is 25.0 Å². The van der Waals surface area contributed by atoms with E-state index in [9.17, 15) is 0 Å². The topological polar surface area (TPSA) is 29.9 Å². The third kappa shape index (κ3) is 2.34.